The zero-order valence-electron chi connectivity index (χ0n) is 14.3. The van der Waals surface area contributed by atoms with Crippen LogP contribution in [0.2, 0.25) is 0 Å². The highest BCUT2D eigenvalue weighted by molar-refractivity contribution is 5.95. The first-order chi connectivity index (χ1) is 12.6. The number of anilines is 1. The van der Waals surface area contributed by atoms with Crippen LogP contribution in [0.3, 0.4) is 0 Å². The van der Waals surface area contributed by atoms with E-state index in [9.17, 15) is 9.59 Å². The third-order valence-electron chi connectivity index (χ3n) is 3.80. The van der Waals surface area contributed by atoms with Gasteiger partial charge in [0.05, 0.1) is 17.9 Å². The molecule has 0 aliphatic carbocycles. The monoisotopic (exact) mass is 353 g/mol. The number of carbonyl (C=O) groups is 1. The SMILES string of the molecule is Cc1ccn2c(=O)cc(COC(=O)c3ccccc3NCCO)nc2c1. The first-order valence-electron chi connectivity index (χ1n) is 8.18. The smallest absolute Gasteiger partial charge is 0.340 e. The fourth-order valence-corrected chi connectivity index (χ4v) is 2.55. The Labute approximate surface area is 149 Å². The van der Waals surface area contributed by atoms with E-state index in [4.69, 9.17) is 9.84 Å². The molecule has 0 bridgehead atoms. The number of nitrogens with one attached hydrogen (secondary N) is 1. The van der Waals surface area contributed by atoms with E-state index < -0.39 is 5.97 Å². The number of para-hydroxylation sites is 1. The molecule has 0 spiro atoms. The summed E-state index contributed by atoms with van der Waals surface area (Å²) in [4.78, 5) is 28.9. The number of hydrogen-bond acceptors (Lipinski definition) is 6. The predicted molar refractivity (Wildman–Crippen MR) is 97.3 cm³/mol. The van der Waals surface area contributed by atoms with E-state index in [1.54, 1.807) is 36.5 Å². The molecule has 0 radical (unpaired) electrons. The first kappa shape index (κ1) is 17.6. The number of aliphatic hydroxyl groups excluding tert-OH is 1. The second-order valence-electron chi connectivity index (χ2n) is 5.79. The lowest BCUT2D eigenvalue weighted by molar-refractivity contribution is 0.0469. The minimum atomic E-state index is -0.530. The minimum Gasteiger partial charge on any atom is -0.456 e. The summed E-state index contributed by atoms with van der Waals surface area (Å²) >= 11 is 0. The van der Waals surface area contributed by atoms with Crippen LogP contribution in [0.5, 0.6) is 0 Å². The van der Waals surface area contributed by atoms with E-state index in [1.165, 1.54) is 10.5 Å². The number of nitrogens with zero attached hydrogens (tertiary/aromatic N) is 2. The van der Waals surface area contributed by atoms with Gasteiger partial charge in [0.1, 0.15) is 12.3 Å². The normalized spacial score (nSPS) is 10.7. The second-order valence-corrected chi connectivity index (χ2v) is 5.79. The molecule has 1 aromatic carbocycles. The van der Waals surface area contributed by atoms with Crippen LogP contribution in [-0.4, -0.2) is 33.6 Å². The summed E-state index contributed by atoms with van der Waals surface area (Å²) in [5.74, 6) is -0.530. The molecule has 26 heavy (non-hydrogen) atoms. The highest BCUT2D eigenvalue weighted by Gasteiger charge is 2.13. The van der Waals surface area contributed by atoms with Crippen molar-refractivity contribution in [3.8, 4) is 0 Å². The van der Waals surface area contributed by atoms with E-state index in [1.807, 2.05) is 13.0 Å². The molecule has 2 heterocycles. The molecule has 0 aliphatic rings. The van der Waals surface area contributed by atoms with Gasteiger partial charge >= 0.3 is 5.97 Å². The van der Waals surface area contributed by atoms with Crippen molar-refractivity contribution in [2.45, 2.75) is 13.5 Å². The van der Waals surface area contributed by atoms with Gasteiger partial charge in [0.15, 0.2) is 0 Å². The molecular weight excluding hydrogens is 334 g/mol. The van der Waals surface area contributed by atoms with Gasteiger partial charge in [-0.15, -0.1) is 0 Å². The van der Waals surface area contributed by atoms with Crippen molar-refractivity contribution in [3.05, 3.63) is 75.8 Å². The van der Waals surface area contributed by atoms with Gasteiger partial charge in [-0.25, -0.2) is 9.78 Å². The van der Waals surface area contributed by atoms with Crippen LogP contribution in [0.15, 0.2) is 53.5 Å². The van der Waals surface area contributed by atoms with Crippen LogP contribution >= 0.6 is 0 Å². The Bertz CT molecular complexity index is 997. The average molecular weight is 353 g/mol. The number of pyridine rings is 1. The molecule has 0 unspecified atom stereocenters. The lowest BCUT2D eigenvalue weighted by Crippen LogP contribution is -2.17. The Morgan fingerprint density at radius 2 is 2.08 bits per heavy atom. The summed E-state index contributed by atoms with van der Waals surface area (Å²) in [6.07, 6.45) is 1.67. The molecule has 0 fully saturated rings. The zero-order valence-corrected chi connectivity index (χ0v) is 14.3. The van der Waals surface area contributed by atoms with Crippen molar-refractivity contribution < 1.29 is 14.6 Å². The number of aryl methyl sites for hydroxylation is 1. The van der Waals surface area contributed by atoms with Gasteiger partial charge in [-0.2, -0.15) is 0 Å². The molecule has 0 atom stereocenters. The molecule has 7 heteroatoms. The molecular formula is C19H19N3O4. The van der Waals surface area contributed by atoms with Crippen molar-refractivity contribution in [3.63, 3.8) is 0 Å². The van der Waals surface area contributed by atoms with E-state index >= 15 is 0 Å². The fraction of sp³-hybridized carbons (Fsp3) is 0.211. The van der Waals surface area contributed by atoms with Crippen LogP contribution < -0.4 is 10.9 Å². The minimum absolute atomic E-state index is 0.0479. The largest absolute Gasteiger partial charge is 0.456 e. The van der Waals surface area contributed by atoms with Gasteiger partial charge in [0, 0.05) is 24.5 Å². The molecule has 0 amide bonds. The van der Waals surface area contributed by atoms with E-state index in [-0.39, 0.29) is 18.8 Å². The number of ether oxygens (including phenoxy) is 1. The number of carbonyl (C=O) groups excluding carboxylic acids is 1. The van der Waals surface area contributed by atoms with Gasteiger partial charge in [-0.1, -0.05) is 12.1 Å². The third kappa shape index (κ3) is 3.89. The Balaban J connectivity index is 1.78. The third-order valence-corrected chi connectivity index (χ3v) is 3.80. The van der Waals surface area contributed by atoms with Crippen LogP contribution in [-0.2, 0) is 11.3 Å². The Morgan fingerprint density at radius 1 is 1.27 bits per heavy atom. The summed E-state index contributed by atoms with van der Waals surface area (Å²) in [6.45, 7) is 2.09. The first-order valence-corrected chi connectivity index (χ1v) is 8.18. The molecule has 0 saturated heterocycles. The molecule has 7 nitrogen and oxygen atoms in total. The maximum Gasteiger partial charge on any atom is 0.340 e. The Kier molecular flexibility index (Phi) is 5.28. The van der Waals surface area contributed by atoms with Crippen molar-refractivity contribution in [2.75, 3.05) is 18.5 Å². The Hall–Kier alpha value is -3.19. The quantitative estimate of drug-likeness (QED) is 0.656. The van der Waals surface area contributed by atoms with Gasteiger partial charge < -0.3 is 15.2 Å². The molecule has 2 aromatic heterocycles. The molecule has 134 valence electrons. The summed E-state index contributed by atoms with van der Waals surface area (Å²) in [5.41, 5.74) is 2.58. The summed E-state index contributed by atoms with van der Waals surface area (Å²) in [5, 5.41) is 11.9. The number of benzene rings is 1. The average Bonchev–Trinajstić information content (AvgIpc) is 2.64. The lowest BCUT2D eigenvalue weighted by Gasteiger charge is -2.11. The van der Waals surface area contributed by atoms with Crippen LogP contribution in [0.1, 0.15) is 21.6 Å². The van der Waals surface area contributed by atoms with Gasteiger partial charge in [-0.05, 0) is 36.8 Å². The molecule has 3 aromatic rings. The molecule has 2 N–H and O–H groups in total. The molecule has 3 rings (SSSR count). The van der Waals surface area contributed by atoms with Gasteiger partial charge in [0.25, 0.3) is 5.56 Å². The standard InChI is InChI=1S/C19H19N3O4/c1-13-6-8-22-17(10-13)21-14(11-18(22)24)12-26-19(25)15-4-2-3-5-16(15)20-7-9-23/h2-6,8,10-11,20,23H,7,9,12H2,1H3. The lowest BCUT2D eigenvalue weighted by atomic mass is 10.2. The maximum absolute atomic E-state index is 12.4. The van der Waals surface area contributed by atoms with Crippen molar-refractivity contribution in [1.82, 2.24) is 9.38 Å². The number of rotatable bonds is 6. The van der Waals surface area contributed by atoms with Gasteiger partial charge in [0.2, 0.25) is 0 Å². The fourth-order valence-electron chi connectivity index (χ4n) is 2.55. The van der Waals surface area contributed by atoms with Crippen molar-refractivity contribution >= 4 is 17.3 Å². The molecule has 0 aliphatic heterocycles. The number of aromatic nitrogens is 2. The van der Waals surface area contributed by atoms with Crippen LogP contribution in [0, 0.1) is 6.92 Å². The second kappa shape index (κ2) is 7.79. The van der Waals surface area contributed by atoms with E-state index in [2.05, 4.69) is 10.3 Å². The van der Waals surface area contributed by atoms with Crippen LogP contribution in [0.4, 0.5) is 5.69 Å². The summed E-state index contributed by atoms with van der Waals surface area (Å²) < 4.78 is 6.75. The van der Waals surface area contributed by atoms with Gasteiger partial charge in [-0.3, -0.25) is 9.20 Å². The van der Waals surface area contributed by atoms with E-state index in [0.717, 1.165) is 5.56 Å². The van der Waals surface area contributed by atoms with Crippen LogP contribution in [0.25, 0.3) is 5.65 Å². The van der Waals surface area contributed by atoms with Crippen molar-refractivity contribution in [2.24, 2.45) is 0 Å². The molecule has 0 saturated carbocycles. The number of hydrogen-bond donors (Lipinski definition) is 2. The van der Waals surface area contributed by atoms with Crippen molar-refractivity contribution in [1.29, 1.82) is 0 Å². The number of esters is 1. The number of aliphatic hydroxyl groups is 1. The highest BCUT2D eigenvalue weighted by atomic mass is 16.5. The highest BCUT2D eigenvalue weighted by Crippen LogP contribution is 2.16. The Morgan fingerprint density at radius 3 is 2.88 bits per heavy atom. The topological polar surface area (TPSA) is 92.9 Å². The number of fused-ring (bicyclic) bond motifs is 1. The summed E-state index contributed by atoms with van der Waals surface area (Å²) in [6, 6.07) is 11.8. The predicted octanol–water partition coefficient (Wildman–Crippen LogP) is 1.76. The summed E-state index contributed by atoms with van der Waals surface area (Å²) in [7, 11) is 0. The maximum atomic E-state index is 12.4. The van der Waals surface area contributed by atoms with E-state index in [0.29, 0.717) is 29.1 Å². The zero-order chi connectivity index (χ0) is 18.5.